The average Bonchev–Trinajstić information content (AvgIpc) is 3.56. The SMILES string of the molecule is CCCCCCCCCCCCOc1cccc2cc(OCC(COP(=O)(O)Oc3cccc(CN4C=CSC4)c3)OC)ccc12. The summed E-state index contributed by atoms with van der Waals surface area (Å²) in [5.74, 6) is 2.68. The van der Waals surface area contributed by atoms with Crippen molar-refractivity contribution in [3.8, 4) is 17.2 Å². The molecule has 0 bridgehead atoms. The molecule has 1 aliphatic heterocycles. The van der Waals surface area contributed by atoms with Crippen molar-refractivity contribution in [2.45, 2.75) is 83.8 Å². The molecule has 8 nitrogen and oxygen atoms in total. The van der Waals surface area contributed by atoms with Gasteiger partial charge in [-0.3, -0.25) is 9.42 Å². The number of ether oxygens (including phenoxy) is 3. The van der Waals surface area contributed by atoms with Crippen LogP contribution in [0.25, 0.3) is 10.8 Å². The van der Waals surface area contributed by atoms with Gasteiger partial charge in [0.1, 0.15) is 30.0 Å². The molecule has 3 aromatic rings. The van der Waals surface area contributed by atoms with Crippen LogP contribution in [-0.2, 0) is 20.4 Å². The third-order valence-corrected chi connectivity index (χ3v) is 9.59. The van der Waals surface area contributed by atoms with Gasteiger partial charge in [0.15, 0.2) is 0 Å². The normalized spacial score (nSPS) is 14.8. The summed E-state index contributed by atoms with van der Waals surface area (Å²) in [5, 5.41) is 4.09. The fourth-order valence-electron chi connectivity index (χ4n) is 5.27. The number of nitrogens with zero attached hydrogens (tertiary/aromatic N) is 1. The second-order valence-corrected chi connectivity index (χ2v) is 13.9. The fraction of sp³-hybridized carbons (Fsp3) is 0.500. The lowest BCUT2D eigenvalue weighted by Crippen LogP contribution is -2.25. The summed E-state index contributed by atoms with van der Waals surface area (Å²) in [4.78, 5) is 12.5. The Morgan fingerprint density at radius 3 is 2.37 bits per heavy atom. The summed E-state index contributed by atoms with van der Waals surface area (Å²) in [6, 6.07) is 19.0. The van der Waals surface area contributed by atoms with E-state index in [1.165, 1.54) is 64.9 Å². The van der Waals surface area contributed by atoms with E-state index in [-0.39, 0.29) is 19.0 Å². The van der Waals surface area contributed by atoms with Crippen LogP contribution >= 0.6 is 19.6 Å². The number of unbranched alkanes of at least 4 members (excludes halogenated alkanes) is 9. The van der Waals surface area contributed by atoms with Crippen LogP contribution in [0.1, 0.15) is 76.7 Å². The van der Waals surface area contributed by atoms with Crippen LogP contribution in [-0.4, -0.2) is 48.7 Å². The van der Waals surface area contributed by atoms with Crippen LogP contribution < -0.4 is 14.0 Å². The molecule has 1 N–H and O–H groups in total. The molecule has 0 amide bonds. The number of benzene rings is 3. The van der Waals surface area contributed by atoms with E-state index in [9.17, 15) is 9.46 Å². The van der Waals surface area contributed by atoms with Gasteiger partial charge < -0.3 is 23.6 Å². The van der Waals surface area contributed by atoms with Crippen LogP contribution in [0.5, 0.6) is 17.2 Å². The van der Waals surface area contributed by atoms with E-state index in [1.807, 2.05) is 54.1 Å². The van der Waals surface area contributed by atoms with E-state index in [0.717, 1.165) is 34.4 Å². The Morgan fingerprint density at radius 2 is 1.63 bits per heavy atom. The Balaban J connectivity index is 1.18. The number of hydrogen-bond donors (Lipinski definition) is 1. The van der Waals surface area contributed by atoms with Crippen molar-refractivity contribution < 1.29 is 32.7 Å². The Hall–Kier alpha value is -2.68. The first-order valence-electron chi connectivity index (χ1n) is 16.5. The van der Waals surface area contributed by atoms with Crippen LogP contribution in [0.2, 0.25) is 0 Å². The largest absolute Gasteiger partial charge is 0.527 e. The number of hydrogen-bond acceptors (Lipinski definition) is 8. The summed E-state index contributed by atoms with van der Waals surface area (Å²) in [6.45, 7) is 3.61. The third-order valence-electron chi connectivity index (χ3n) is 7.87. The van der Waals surface area contributed by atoms with Crippen molar-refractivity contribution in [2.24, 2.45) is 0 Å². The number of thioether (sulfide) groups is 1. The minimum absolute atomic E-state index is 0.133. The second kappa shape index (κ2) is 19.9. The monoisotopic (exact) mass is 671 g/mol. The topological polar surface area (TPSA) is 86.7 Å². The highest BCUT2D eigenvalue weighted by molar-refractivity contribution is 8.02. The second-order valence-electron chi connectivity index (χ2n) is 11.7. The maximum absolute atomic E-state index is 12.7. The zero-order valence-electron chi connectivity index (χ0n) is 27.3. The van der Waals surface area contributed by atoms with E-state index in [0.29, 0.717) is 18.9 Å². The Kier molecular flexibility index (Phi) is 15.6. The molecule has 0 aliphatic carbocycles. The summed E-state index contributed by atoms with van der Waals surface area (Å²) in [7, 11) is -2.87. The maximum atomic E-state index is 12.7. The van der Waals surface area contributed by atoms with Gasteiger partial charge in [-0.15, -0.1) is 11.8 Å². The first-order chi connectivity index (χ1) is 22.5. The van der Waals surface area contributed by atoms with Gasteiger partial charge in [0.2, 0.25) is 0 Å². The first kappa shape index (κ1) is 36.2. The first-order valence-corrected chi connectivity index (χ1v) is 19.1. The molecular formula is C36H50NO7PS. The van der Waals surface area contributed by atoms with E-state index >= 15 is 0 Å². The number of rotatable bonds is 23. The van der Waals surface area contributed by atoms with Gasteiger partial charge in [-0.05, 0) is 59.2 Å². The fourth-order valence-corrected chi connectivity index (χ4v) is 6.77. The zero-order valence-corrected chi connectivity index (χ0v) is 29.0. The van der Waals surface area contributed by atoms with E-state index in [4.69, 9.17) is 23.3 Å². The van der Waals surface area contributed by atoms with Crippen LogP contribution in [0, 0.1) is 0 Å². The smallest absolute Gasteiger partial charge is 0.493 e. The molecule has 0 spiro atoms. The average molecular weight is 672 g/mol. The molecule has 1 aliphatic rings. The highest BCUT2D eigenvalue weighted by Gasteiger charge is 2.26. The van der Waals surface area contributed by atoms with Crippen molar-refractivity contribution in [1.29, 1.82) is 0 Å². The number of methoxy groups -OCH3 is 1. The van der Waals surface area contributed by atoms with Crippen LogP contribution in [0.15, 0.2) is 72.3 Å². The lowest BCUT2D eigenvalue weighted by molar-refractivity contribution is 0.0161. The standard InChI is InChI=1S/C36H50NO7PS/c1-3-4-5-6-7-8-9-10-11-12-22-41-36-18-14-16-31-25-32(19-20-35(31)36)42-27-34(40-2)28-43-45(38,39)44-33-17-13-15-30(24-33)26-37-21-23-46-29-37/h13-21,23-25,34H,3-12,22,26-29H2,1-2H3,(H,38,39). The Labute approximate surface area is 279 Å². The van der Waals surface area contributed by atoms with Gasteiger partial charge in [0.05, 0.1) is 19.1 Å². The van der Waals surface area contributed by atoms with Crippen molar-refractivity contribution in [1.82, 2.24) is 4.90 Å². The predicted molar refractivity (Wildman–Crippen MR) is 188 cm³/mol. The summed E-state index contributed by atoms with van der Waals surface area (Å²) < 4.78 is 40.9. The minimum atomic E-state index is -4.38. The Bertz CT molecular complexity index is 1400. The van der Waals surface area contributed by atoms with Gasteiger partial charge in [-0.1, -0.05) is 89.0 Å². The molecule has 46 heavy (non-hydrogen) atoms. The number of phosphoric ester groups is 1. The summed E-state index contributed by atoms with van der Waals surface area (Å²) >= 11 is 1.72. The van der Waals surface area contributed by atoms with Gasteiger partial charge >= 0.3 is 7.82 Å². The summed E-state index contributed by atoms with van der Waals surface area (Å²) in [6.07, 6.45) is 14.4. The molecule has 0 saturated heterocycles. The van der Waals surface area contributed by atoms with E-state index in [1.54, 1.807) is 30.0 Å². The van der Waals surface area contributed by atoms with Crippen molar-refractivity contribution in [3.63, 3.8) is 0 Å². The van der Waals surface area contributed by atoms with E-state index in [2.05, 4.69) is 11.8 Å². The molecule has 0 aromatic heterocycles. The highest BCUT2D eigenvalue weighted by Crippen LogP contribution is 2.44. The molecule has 2 unspecified atom stereocenters. The van der Waals surface area contributed by atoms with Crippen LogP contribution in [0.4, 0.5) is 0 Å². The predicted octanol–water partition coefficient (Wildman–Crippen LogP) is 9.71. The molecule has 3 aromatic carbocycles. The number of phosphoric acid groups is 1. The molecular weight excluding hydrogens is 621 g/mol. The Morgan fingerprint density at radius 1 is 0.870 bits per heavy atom. The van der Waals surface area contributed by atoms with Gasteiger partial charge in [0.25, 0.3) is 0 Å². The molecule has 0 fully saturated rings. The quantitative estimate of drug-likeness (QED) is 0.0782. The van der Waals surface area contributed by atoms with Gasteiger partial charge in [-0.2, -0.15) is 0 Å². The van der Waals surface area contributed by atoms with Crippen molar-refractivity contribution in [2.75, 3.05) is 32.8 Å². The molecule has 2 atom stereocenters. The van der Waals surface area contributed by atoms with Gasteiger partial charge in [0, 0.05) is 25.2 Å². The third kappa shape index (κ3) is 12.8. The molecule has 10 heteroatoms. The van der Waals surface area contributed by atoms with Crippen molar-refractivity contribution in [3.05, 3.63) is 77.8 Å². The molecule has 0 saturated carbocycles. The van der Waals surface area contributed by atoms with Crippen LogP contribution in [0.3, 0.4) is 0 Å². The highest BCUT2D eigenvalue weighted by atomic mass is 32.2. The lowest BCUT2D eigenvalue weighted by atomic mass is 10.1. The lowest BCUT2D eigenvalue weighted by Gasteiger charge is -2.19. The zero-order chi connectivity index (χ0) is 32.5. The van der Waals surface area contributed by atoms with Gasteiger partial charge in [-0.25, -0.2) is 4.57 Å². The van der Waals surface area contributed by atoms with E-state index < -0.39 is 13.9 Å². The molecule has 4 rings (SSSR count). The number of fused-ring (bicyclic) bond motifs is 1. The maximum Gasteiger partial charge on any atom is 0.527 e. The molecule has 1 heterocycles. The molecule has 252 valence electrons. The minimum Gasteiger partial charge on any atom is -0.493 e. The molecule has 0 radical (unpaired) electrons. The van der Waals surface area contributed by atoms with Crippen molar-refractivity contribution >= 4 is 30.4 Å². The summed E-state index contributed by atoms with van der Waals surface area (Å²) in [5.41, 5.74) is 0.968.